The zero-order valence-corrected chi connectivity index (χ0v) is 7.21. The highest BCUT2D eigenvalue weighted by Gasteiger charge is 2.22. The lowest BCUT2D eigenvalue weighted by molar-refractivity contribution is -0.131. The quantitative estimate of drug-likeness (QED) is 0.692. The van der Waals surface area contributed by atoms with Crippen molar-refractivity contribution in [3.8, 4) is 0 Å². The van der Waals surface area contributed by atoms with Crippen molar-refractivity contribution < 1.29 is 15.0 Å². The first kappa shape index (κ1) is 9.83. The Morgan fingerprint density at radius 1 is 1.46 bits per heavy atom. The summed E-state index contributed by atoms with van der Waals surface area (Å²) in [5.74, 6) is -0.474. The van der Waals surface area contributed by atoms with Gasteiger partial charge in [-0.15, -0.1) is 0 Å². The number of aliphatic hydroxyl groups is 2. The molecule has 2 N–H and O–H groups in total. The molecule has 0 aliphatic carbocycles. The molecule has 4 heteroatoms. The van der Waals surface area contributed by atoms with E-state index in [-0.39, 0.29) is 0 Å². The Bertz CT molecular complexity index is 286. The summed E-state index contributed by atoms with van der Waals surface area (Å²) in [5.41, 5.74) is 0.296. The Balaban J connectivity index is 2.79. The van der Waals surface area contributed by atoms with E-state index in [1.54, 1.807) is 18.2 Å². The maximum Gasteiger partial charge on any atom is 0.161 e. The fraction of sp³-hybridized carbons (Fsp3) is 0.333. The van der Waals surface area contributed by atoms with Gasteiger partial charge in [-0.05, 0) is 19.1 Å². The zero-order valence-electron chi connectivity index (χ0n) is 7.21. The minimum absolute atomic E-state index is 0.296. The molecule has 0 aromatic carbocycles. The molecule has 0 saturated heterocycles. The van der Waals surface area contributed by atoms with E-state index in [4.69, 9.17) is 0 Å². The molecule has 1 heterocycles. The van der Waals surface area contributed by atoms with Crippen LogP contribution < -0.4 is 0 Å². The third-order valence-electron chi connectivity index (χ3n) is 1.71. The number of aromatic nitrogens is 1. The highest BCUT2D eigenvalue weighted by Crippen LogP contribution is 2.13. The van der Waals surface area contributed by atoms with E-state index in [0.29, 0.717) is 5.69 Å². The van der Waals surface area contributed by atoms with E-state index in [1.165, 1.54) is 13.1 Å². The van der Waals surface area contributed by atoms with E-state index in [1.807, 2.05) is 0 Å². The highest BCUT2D eigenvalue weighted by atomic mass is 16.3. The standard InChI is InChI=1S/C9H11NO3/c1-6(11)8(12)9(13)7-4-2-3-5-10-7/h2-5,8-9,12-13H,1H3. The molecule has 70 valence electrons. The Kier molecular flexibility index (Phi) is 3.11. The van der Waals surface area contributed by atoms with E-state index in [0.717, 1.165) is 0 Å². The molecular formula is C9H11NO3. The lowest BCUT2D eigenvalue weighted by Gasteiger charge is -2.13. The van der Waals surface area contributed by atoms with Crippen LogP contribution in [0.25, 0.3) is 0 Å². The summed E-state index contributed by atoms with van der Waals surface area (Å²) < 4.78 is 0. The third kappa shape index (κ3) is 2.34. The van der Waals surface area contributed by atoms with Gasteiger partial charge in [0, 0.05) is 6.20 Å². The van der Waals surface area contributed by atoms with Crippen molar-refractivity contribution in [2.45, 2.75) is 19.1 Å². The predicted molar refractivity (Wildman–Crippen MR) is 45.9 cm³/mol. The summed E-state index contributed by atoms with van der Waals surface area (Å²) in [6.07, 6.45) is -1.14. The van der Waals surface area contributed by atoms with Crippen molar-refractivity contribution in [2.24, 2.45) is 0 Å². The van der Waals surface area contributed by atoms with Gasteiger partial charge in [0.25, 0.3) is 0 Å². The van der Waals surface area contributed by atoms with Gasteiger partial charge < -0.3 is 10.2 Å². The number of ketones is 1. The Morgan fingerprint density at radius 2 is 2.15 bits per heavy atom. The monoisotopic (exact) mass is 181 g/mol. The SMILES string of the molecule is CC(=O)C(O)C(O)c1ccccn1. The molecule has 0 bridgehead atoms. The molecule has 0 amide bonds. The van der Waals surface area contributed by atoms with E-state index < -0.39 is 18.0 Å². The van der Waals surface area contributed by atoms with Gasteiger partial charge in [-0.25, -0.2) is 0 Å². The first-order chi connectivity index (χ1) is 6.13. The van der Waals surface area contributed by atoms with Gasteiger partial charge in [0.05, 0.1) is 5.69 Å². The maximum atomic E-state index is 10.7. The second-order valence-electron chi connectivity index (χ2n) is 2.75. The van der Waals surface area contributed by atoms with Crippen LogP contribution in [0.15, 0.2) is 24.4 Å². The van der Waals surface area contributed by atoms with Crippen LogP contribution in [0.2, 0.25) is 0 Å². The average Bonchev–Trinajstić information content (AvgIpc) is 2.17. The molecule has 13 heavy (non-hydrogen) atoms. The van der Waals surface area contributed by atoms with Crippen molar-refractivity contribution in [1.29, 1.82) is 0 Å². The smallest absolute Gasteiger partial charge is 0.161 e. The number of nitrogens with zero attached hydrogens (tertiary/aromatic N) is 1. The van der Waals surface area contributed by atoms with E-state index in [9.17, 15) is 15.0 Å². The molecule has 1 aromatic rings. The van der Waals surface area contributed by atoms with Crippen LogP contribution in [0.3, 0.4) is 0 Å². The van der Waals surface area contributed by atoms with Crippen LogP contribution in [-0.4, -0.2) is 27.1 Å². The number of rotatable bonds is 3. The summed E-state index contributed by atoms with van der Waals surface area (Å²) in [7, 11) is 0. The molecule has 0 spiro atoms. The zero-order chi connectivity index (χ0) is 9.84. The third-order valence-corrected chi connectivity index (χ3v) is 1.71. The molecule has 2 atom stereocenters. The molecule has 0 fully saturated rings. The minimum atomic E-state index is -1.39. The average molecular weight is 181 g/mol. The van der Waals surface area contributed by atoms with Crippen molar-refractivity contribution in [3.63, 3.8) is 0 Å². The fourth-order valence-corrected chi connectivity index (χ4v) is 0.935. The first-order valence-corrected chi connectivity index (χ1v) is 3.90. The Hall–Kier alpha value is -1.26. The Labute approximate surface area is 75.9 Å². The van der Waals surface area contributed by atoms with E-state index >= 15 is 0 Å². The predicted octanol–water partition coefficient (Wildman–Crippen LogP) is 0.0649. The molecule has 1 rings (SSSR count). The van der Waals surface area contributed by atoms with Crippen molar-refractivity contribution in [1.82, 2.24) is 4.98 Å². The molecule has 0 radical (unpaired) electrons. The van der Waals surface area contributed by atoms with Crippen LogP contribution in [0, 0.1) is 0 Å². The van der Waals surface area contributed by atoms with Gasteiger partial charge in [0.15, 0.2) is 5.78 Å². The highest BCUT2D eigenvalue weighted by molar-refractivity contribution is 5.80. The number of Topliss-reactive ketones (excluding diaryl/α,β-unsaturated/α-hetero) is 1. The Morgan fingerprint density at radius 3 is 2.62 bits per heavy atom. The number of carbonyl (C=O) groups excluding carboxylic acids is 1. The summed E-state index contributed by atoms with van der Waals surface area (Å²) >= 11 is 0. The number of aliphatic hydroxyl groups excluding tert-OH is 2. The van der Waals surface area contributed by atoms with Crippen LogP contribution in [0.1, 0.15) is 18.7 Å². The fourth-order valence-electron chi connectivity index (χ4n) is 0.935. The number of carbonyl (C=O) groups is 1. The maximum absolute atomic E-state index is 10.7. The molecule has 2 unspecified atom stereocenters. The molecular weight excluding hydrogens is 170 g/mol. The largest absolute Gasteiger partial charge is 0.384 e. The summed E-state index contributed by atoms with van der Waals surface area (Å²) in [6.45, 7) is 1.22. The van der Waals surface area contributed by atoms with Gasteiger partial charge in [0.1, 0.15) is 12.2 Å². The second-order valence-corrected chi connectivity index (χ2v) is 2.75. The summed E-state index contributed by atoms with van der Waals surface area (Å²) in [4.78, 5) is 14.5. The van der Waals surface area contributed by atoms with Gasteiger partial charge in [-0.2, -0.15) is 0 Å². The summed E-state index contributed by atoms with van der Waals surface area (Å²) in [6, 6.07) is 4.92. The van der Waals surface area contributed by atoms with Crippen LogP contribution >= 0.6 is 0 Å². The normalized spacial score (nSPS) is 15.0. The van der Waals surface area contributed by atoms with Crippen molar-refractivity contribution in [2.75, 3.05) is 0 Å². The molecule has 4 nitrogen and oxygen atoms in total. The summed E-state index contributed by atoms with van der Waals surface area (Å²) in [5, 5.41) is 18.6. The van der Waals surface area contributed by atoms with Crippen LogP contribution in [0.5, 0.6) is 0 Å². The van der Waals surface area contributed by atoms with Gasteiger partial charge in [-0.3, -0.25) is 9.78 Å². The molecule has 1 aromatic heterocycles. The van der Waals surface area contributed by atoms with E-state index in [2.05, 4.69) is 4.98 Å². The lowest BCUT2D eigenvalue weighted by atomic mass is 10.1. The molecule has 0 aliphatic rings. The topological polar surface area (TPSA) is 70.4 Å². The van der Waals surface area contributed by atoms with Crippen LogP contribution in [0.4, 0.5) is 0 Å². The van der Waals surface area contributed by atoms with Crippen molar-refractivity contribution >= 4 is 5.78 Å². The first-order valence-electron chi connectivity index (χ1n) is 3.90. The van der Waals surface area contributed by atoms with Gasteiger partial charge in [0.2, 0.25) is 0 Å². The van der Waals surface area contributed by atoms with Crippen LogP contribution in [-0.2, 0) is 4.79 Å². The molecule has 0 saturated carbocycles. The van der Waals surface area contributed by atoms with Gasteiger partial charge >= 0.3 is 0 Å². The number of hydrogen-bond donors (Lipinski definition) is 2. The van der Waals surface area contributed by atoms with Gasteiger partial charge in [-0.1, -0.05) is 6.07 Å². The second kappa shape index (κ2) is 4.11. The van der Waals surface area contributed by atoms with Crippen molar-refractivity contribution in [3.05, 3.63) is 30.1 Å². The lowest BCUT2D eigenvalue weighted by Crippen LogP contribution is -2.26. The number of hydrogen-bond acceptors (Lipinski definition) is 4. The number of pyridine rings is 1. The minimum Gasteiger partial charge on any atom is -0.384 e. The molecule has 0 aliphatic heterocycles.